The molecule has 0 bridgehead atoms. The van der Waals surface area contributed by atoms with Gasteiger partial charge in [0.25, 0.3) is 0 Å². The second-order valence-electron chi connectivity index (χ2n) is 4.95. The summed E-state index contributed by atoms with van der Waals surface area (Å²) in [4.78, 5) is 27.2. The second-order valence-corrected chi connectivity index (χ2v) is 6.30. The number of benzene rings is 2. The number of esters is 1. The first kappa shape index (κ1) is 15.8. The summed E-state index contributed by atoms with van der Waals surface area (Å²) >= 11 is 9.33. The Morgan fingerprint density at radius 2 is 1.96 bits per heavy atom. The van der Waals surface area contributed by atoms with E-state index in [2.05, 4.69) is 20.9 Å². The third-order valence-corrected chi connectivity index (χ3v) is 4.00. The Kier molecular flexibility index (Phi) is 4.24. The first-order valence-electron chi connectivity index (χ1n) is 6.75. The molecule has 0 atom stereocenters. The van der Waals surface area contributed by atoms with Crippen molar-refractivity contribution in [3.05, 3.63) is 63.2 Å². The number of hydrogen-bond acceptors (Lipinski definition) is 3. The SMILES string of the molecule is CC(=O)Oc1c(C(=O)c2cccc(Br)c2)[nH]c2cc(Cl)ccc12. The van der Waals surface area contributed by atoms with E-state index in [1.165, 1.54) is 6.92 Å². The number of nitrogens with one attached hydrogen (secondary N) is 1. The van der Waals surface area contributed by atoms with Crippen LogP contribution in [0.15, 0.2) is 46.9 Å². The molecule has 0 amide bonds. The fraction of sp³-hybridized carbons (Fsp3) is 0.0588. The van der Waals surface area contributed by atoms with Gasteiger partial charge in [-0.25, -0.2) is 0 Å². The number of H-pyrrole nitrogens is 1. The standard InChI is InChI=1S/C17H11BrClNO3/c1-9(21)23-17-13-6-5-12(19)8-14(13)20-15(17)16(22)10-3-2-4-11(18)7-10/h2-8,20H,1H3. The fourth-order valence-electron chi connectivity index (χ4n) is 2.33. The molecule has 2 aromatic carbocycles. The van der Waals surface area contributed by atoms with E-state index in [0.29, 0.717) is 21.5 Å². The van der Waals surface area contributed by atoms with Crippen LogP contribution in [0.5, 0.6) is 5.75 Å². The minimum atomic E-state index is -0.496. The molecule has 1 aromatic heterocycles. The average molecular weight is 393 g/mol. The molecule has 0 saturated carbocycles. The average Bonchev–Trinajstić information content (AvgIpc) is 2.83. The van der Waals surface area contributed by atoms with Crippen LogP contribution in [-0.4, -0.2) is 16.7 Å². The highest BCUT2D eigenvalue weighted by Crippen LogP contribution is 2.33. The number of rotatable bonds is 3. The van der Waals surface area contributed by atoms with Crippen LogP contribution in [0.3, 0.4) is 0 Å². The van der Waals surface area contributed by atoms with Crippen molar-refractivity contribution in [3.8, 4) is 5.75 Å². The summed E-state index contributed by atoms with van der Waals surface area (Å²) < 4.78 is 6.05. The molecule has 6 heteroatoms. The van der Waals surface area contributed by atoms with Crippen molar-refractivity contribution in [3.63, 3.8) is 0 Å². The Bertz CT molecular complexity index is 933. The molecular weight excluding hydrogens is 382 g/mol. The lowest BCUT2D eigenvalue weighted by molar-refractivity contribution is -0.131. The van der Waals surface area contributed by atoms with E-state index in [0.717, 1.165) is 4.47 Å². The van der Waals surface area contributed by atoms with Crippen LogP contribution in [-0.2, 0) is 4.79 Å². The van der Waals surface area contributed by atoms with Gasteiger partial charge >= 0.3 is 5.97 Å². The van der Waals surface area contributed by atoms with Gasteiger partial charge in [0.2, 0.25) is 5.78 Å². The summed E-state index contributed by atoms with van der Waals surface area (Å²) in [6, 6.07) is 12.1. The summed E-state index contributed by atoms with van der Waals surface area (Å²) in [5.74, 6) is -0.548. The first-order valence-corrected chi connectivity index (χ1v) is 7.92. The molecule has 3 aromatic rings. The molecule has 0 saturated heterocycles. The maximum atomic E-state index is 12.8. The number of aromatic nitrogens is 1. The van der Waals surface area contributed by atoms with Gasteiger partial charge < -0.3 is 9.72 Å². The van der Waals surface area contributed by atoms with Gasteiger partial charge in [0.15, 0.2) is 5.75 Å². The van der Waals surface area contributed by atoms with E-state index in [1.54, 1.807) is 36.4 Å². The molecule has 3 rings (SSSR count). The van der Waals surface area contributed by atoms with Crippen LogP contribution in [0.25, 0.3) is 10.9 Å². The highest BCUT2D eigenvalue weighted by molar-refractivity contribution is 9.10. The van der Waals surface area contributed by atoms with Gasteiger partial charge in [0.1, 0.15) is 5.69 Å². The Balaban J connectivity index is 2.19. The zero-order valence-corrected chi connectivity index (χ0v) is 14.4. The predicted octanol–water partition coefficient (Wildman–Crippen LogP) is 4.74. The Morgan fingerprint density at radius 3 is 2.65 bits per heavy atom. The quantitative estimate of drug-likeness (QED) is 0.517. The van der Waals surface area contributed by atoms with Crippen LogP contribution < -0.4 is 4.74 Å². The molecule has 0 radical (unpaired) electrons. The van der Waals surface area contributed by atoms with Crippen LogP contribution in [0.4, 0.5) is 0 Å². The number of aromatic amines is 1. The number of ether oxygens (including phenoxy) is 1. The molecule has 0 aliphatic heterocycles. The van der Waals surface area contributed by atoms with Crippen molar-refractivity contribution in [2.75, 3.05) is 0 Å². The lowest BCUT2D eigenvalue weighted by atomic mass is 10.1. The normalized spacial score (nSPS) is 10.7. The van der Waals surface area contributed by atoms with Gasteiger partial charge in [-0.2, -0.15) is 0 Å². The molecule has 0 unspecified atom stereocenters. The van der Waals surface area contributed by atoms with Gasteiger partial charge in [0, 0.05) is 27.4 Å². The van der Waals surface area contributed by atoms with Crippen molar-refractivity contribution < 1.29 is 14.3 Å². The van der Waals surface area contributed by atoms with Crippen LogP contribution in [0, 0.1) is 0 Å². The molecule has 0 aliphatic carbocycles. The summed E-state index contributed by atoms with van der Waals surface area (Å²) in [7, 11) is 0. The Morgan fingerprint density at radius 1 is 1.17 bits per heavy atom. The van der Waals surface area contributed by atoms with Gasteiger partial charge in [-0.1, -0.05) is 39.7 Å². The zero-order valence-electron chi connectivity index (χ0n) is 12.0. The maximum absolute atomic E-state index is 12.8. The number of fused-ring (bicyclic) bond motifs is 1. The van der Waals surface area contributed by atoms with Gasteiger partial charge in [-0.05, 0) is 30.3 Å². The highest BCUT2D eigenvalue weighted by atomic mass is 79.9. The van der Waals surface area contributed by atoms with Crippen LogP contribution in [0.1, 0.15) is 23.0 Å². The number of ketones is 1. The van der Waals surface area contributed by atoms with E-state index < -0.39 is 5.97 Å². The Labute approximate surface area is 145 Å². The minimum absolute atomic E-state index is 0.217. The number of carbonyl (C=O) groups is 2. The van der Waals surface area contributed by atoms with Crippen molar-refractivity contribution in [1.29, 1.82) is 0 Å². The van der Waals surface area contributed by atoms with Crippen molar-refractivity contribution in [1.82, 2.24) is 4.98 Å². The largest absolute Gasteiger partial charge is 0.424 e. The molecule has 116 valence electrons. The molecular formula is C17H11BrClNO3. The Hall–Kier alpha value is -2.11. The second kappa shape index (κ2) is 6.18. The summed E-state index contributed by atoms with van der Waals surface area (Å²) in [5.41, 5.74) is 1.33. The molecule has 0 fully saturated rings. The van der Waals surface area contributed by atoms with Crippen molar-refractivity contribution in [2.24, 2.45) is 0 Å². The maximum Gasteiger partial charge on any atom is 0.308 e. The van der Waals surface area contributed by atoms with Gasteiger partial charge in [-0.15, -0.1) is 0 Å². The third kappa shape index (κ3) is 3.16. The number of hydrogen-bond donors (Lipinski definition) is 1. The predicted molar refractivity (Wildman–Crippen MR) is 92.2 cm³/mol. The molecule has 1 N–H and O–H groups in total. The molecule has 0 aliphatic rings. The van der Waals surface area contributed by atoms with E-state index in [4.69, 9.17) is 16.3 Å². The monoisotopic (exact) mass is 391 g/mol. The van der Waals surface area contributed by atoms with Crippen LogP contribution in [0.2, 0.25) is 5.02 Å². The molecule has 0 spiro atoms. The first-order chi connectivity index (χ1) is 11.0. The number of halogens is 2. The van der Waals surface area contributed by atoms with Crippen molar-refractivity contribution >= 4 is 50.2 Å². The summed E-state index contributed by atoms with van der Waals surface area (Å²) in [6.07, 6.45) is 0. The molecule has 1 heterocycles. The topological polar surface area (TPSA) is 59.2 Å². The lowest BCUT2D eigenvalue weighted by Gasteiger charge is -2.04. The molecule has 23 heavy (non-hydrogen) atoms. The van der Waals surface area contributed by atoms with Crippen molar-refractivity contribution in [2.45, 2.75) is 6.92 Å². The highest BCUT2D eigenvalue weighted by Gasteiger charge is 2.22. The van der Waals surface area contributed by atoms with Gasteiger partial charge in [0.05, 0.1) is 5.52 Å². The zero-order chi connectivity index (χ0) is 16.6. The van der Waals surface area contributed by atoms with Crippen LogP contribution >= 0.6 is 27.5 Å². The lowest BCUT2D eigenvalue weighted by Crippen LogP contribution is -2.08. The van der Waals surface area contributed by atoms with Gasteiger partial charge in [-0.3, -0.25) is 9.59 Å². The fourth-order valence-corrected chi connectivity index (χ4v) is 2.90. The smallest absolute Gasteiger partial charge is 0.308 e. The summed E-state index contributed by atoms with van der Waals surface area (Å²) in [6.45, 7) is 1.29. The molecule has 4 nitrogen and oxygen atoms in total. The van der Waals surface area contributed by atoms with E-state index in [-0.39, 0.29) is 17.2 Å². The van der Waals surface area contributed by atoms with E-state index in [1.807, 2.05) is 6.07 Å². The van der Waals surface area contributed by atoms with E-state index >= 15 is 0 Å². The summed E-state index contributed by atoms with van der Waals surface area (Å²) in [5, 5.41) is 1.15. The number of carbonyl (C=O) groups excluding carboxylic acids is 2. The third-order valence-electron chi connectivity index (χ3n) is 3.27. The van der Waals surface area contributed by atoms with E-state index in [9.17, 15) is 9.59 Å². The minimum Gasteiger partial charge on any atom is -0.424 e.